The molecule has 0 heteroatoms. The highest BCUT2D eigenvalue weighted by Crippen LogP contribution is 2.16. The second-order valence-corrected chi connectivity index (χ2v) is 5.48. The molecule has 0 aromatic rings. The summed E-state index contributed by atoms with van der Waals surface area (Å²) in [6.45, 7) is 18.9. The van der Waals surface area contributed by atoms with Crippen molar-refractivity contribution >= 4 is 0 Å². The van der Waals surface area contributed by atoms with Crippen molar-refractivity contribution < 1.29 is 0 Å². The van der Waals surface area contributed by atoms with Gasteiger partial charge in [-0.25, -0.2) is 0 Å². The lowest BCUT2D eigenvalue weighted by Crippen LogP contribution is -2.00. The summed E-state index contributed by atoms with van der Waals surface area (Å²) in [5.74, 6) is 0. The highest BCUT2D eigenvalue weighted by atomic mass is 14.1. The summed E-state index contributed by atoms with van der Waals surface area (Å²) in [5, 5.41) is 0. The smallest absolute Gasteiger partial charge is 0.0206 e. The molecule has 0 rings (SSSR count). The fourth-order valence-electron chi connectivity index (χ4n) is 0. The van der Waals surface area contributed by atoms with Gasteiger partial charge in [0, 0.05) is 0 Å². The quantitative estimate of drug-likeness (QED) is 0.464. The Morgan fingerprint density at radius 2 is 1.17 bits per heavy atom. The third kappa shape index (κ3) is 22.6. The van der Waals surface area contributed by atoms with E-state index in [1.54, 1.807) is 0 Å². The largest absolute Gasteiger partial charge is 0.103 e. The second-order valence-electron chi connectivity index (χ2n) is 5.48. The molecule has 0 saturated heterocycles. The van der Waals surface area contributed by atoms with Crippen molar-refractivity contribution in [1.82, 2.24) is 0 Å². The molecule has 0 N–H and O–H groups in total. The molecule has 74 valence electrons. The third-order valence-electron chi connectivity index (χ3n) is 1.67. The maximum Gasteiger partial charge on any atom is -0.0206 e. The van der Waals surface area contributed by atoms with Gasteiger partial charge in [0.2, 0.25) is 0 Å². The van der Waals surface area contributed by atoms with Gasteiger partial charge in [0.25, 0.3) is 0 Å². The van der Waals surface area contributed by atoms with Crippen LogP contribution in [0.2, 0.25) is 0 Å². The first-order valence-electron chi connectivity index (χ1n) is 4.76. The van der Waals surface area contributed by atoms with Gasteiger partial charge >= 0.3 is 0 Å². The predicted molar refractivity (Wildman–Crippen MR) is 59.4 cm³/mol. The summed E-state index contributed by atoms with van der Waals surface area (Å²) in [7, 11) is 0. The molecule has 0 atom stereocenters. The Bertz CT molecular complexity index is 107. The summed E-state index contributed by atoms with van der Waals surface area (Å²) in [4.78, 5) is 0. The minimum atomic E-state index is 0.306. The zero-order valence-corrected chi connectivity index (χ0v) is 9.99. The van der Waals surface area contributed by atoms with Gasteiger partial charge in [-0.05, 0) is 10.8 Å². The standard InChI is InChI=1S/C6H14.C6H12/c2*1-5-6(2,3)4/h5H2,1-4H3;5H,1H2,2-4H3. The van der Waals surface area contributed by atoms with E-state index in [4.69, 9.17) is 0 Å². The Morgan fingerprint density at radius 3 is 1.17 bits per heavy atom. The Balaban J connectivity index is 0. The minimum absolute atomic E-state index is 0.306. The molecule has 0 nitrogen and oxygen atoms in total. The monoisotopic (exact) mass is 170 g/mol. The van der Waals surface area contributed by atoms with Crippen LogP contribution in [0.25, 0.3) is 0 Å². The fraction of sp³-hybridized carbons (Fsp3) is 0.833. The van der Waals surface area contributed by atoms with Crippen LogP contribution in [-0.4, -0.2) is 0 Å². The molecule has 0 aromatic heterocycles. The number of rotatable bonds is 0. The molecule has 0 aliphatic carbocycles. The topological polar surface area (TPSA) is 0 Å². The first-order valence-corrected chi connectivity index (χ1v) is 4.76. The van der Waals surface area contributed by atoms with Crippen molar-refractivity contribution in [3.8, 4) is 0 Å². The predicted octanol–water partition coefficient (Wildman–Crippen LogP) is 4.66. The summed E-state index contributed by atoms with van der Waals surface area (Å²) in [5.41, 5.74) is 0.847. The summed E-state index contributed by atoms with van der Waals surface area (Å²) >= 11 is 0. The van der Waals surface area contributed by atoms with Crippen LogP contribution in [0.4, 0.5) is 0 Å². The lowest BCUT2D eigenvalue weighted by atomic mass is 9.94. The van der Waals surface area contributed by atoms with Crippen molar-refractivity contribution in [3.63, 3.8) is 0 Å². The first-order chi connectivity index (χ1) is 5.12. The minimum Gasteiger partial charge on any atom is -0.103 e. The summed E-state index contributed by atoms with van der Waals surface area (Å²) < 4.78 is 0. The molecule has 0 aliphatic rings. The zero-order valence-electron chi connectivity index (χ0n) is 9.99. The van der Waals surface area contributed by atoms with Crippen LogP contribution in [-0.2, 0) is 0 Å². The molecule has 0 radical (unpaired) electrons. The van der Waals surface area contributed by atoms with E-state index in [1.165, 1.54) is 6.42 Å². The molecule has 0 saturated carbocycles. The SMILES string of the molecule is C=CC(C)(C)C.CCC(C)(C)C. The van der Waals surface area contributed by atoms with Crippen LogP contribution >= 0.6 is 0 Å². The van der Waals surface area contributed by atoms with Crippen LogP contribution < -0.4 is 0 Å². The molecule has 12 heavy (non-hydrogen) atoms. The molecular formula is C12H26. The second kappa shape index (κ2) is 5.40. The van der Waals surface area contributed by atoms with E-state index in [2.05, 4.69) is 55.0 Å². The molecule has 0 fully saturated rings. The summed E-state index contributed by atoms with van der Waals surface area (Å²) in [6, 6.07) is 0. The van der Waals surface area contributed by atoms with Crippen LogP contribution in [0.1, 0.15) is 54.9 Å². The van der Waals surface area contributed by atoms with E-state index in [1.807, 2.05) is 6.08 Å². The van der Waals surface area contributed by atoms with E-state index in [-0.39, 0.29) is 0 Å². The number of allylic oxidation sites excluding steroid dienone is 1. The molecule has 0 amide bonds. The highest BCUT2D eigenvalue weighted by Gasteiger charge is 2.03. The zero-order chi connectivity index (χ0) is 10.4. The lowest BCUT2D eigenvalue weighted by Gasteiger charge is -2.12. The lowest BCUT2D eigenvalue weighted by molar-refractivity contribution is 0.398. The van der Waals surface area contributed by atoms with Gasteiger partial charge in [-0.3, -0.25) is 0 Å². The van der Waals surface area contributed by atoms with E-state index in [9.17, 15) is 0 Å². The maximum absolute atomic E-state index is 3.63. The molecule has 0 heterocycles. The van der Waals surface area contributed by atoms with Gasteiger partial charge in [-0.15, -0.1) is 6.58 Å². The van der Waals surface area contributed by atoms with E-state index < -0.39 is 0 Å². The van der Waals surface area contributed by atoms with Gasteiger partial charge in [0.1, 0.15) is 0 Å². The van der Waals surface area contributed by atoms with Crippen LogP contribution in [0, 0.1) is 10.8 Å². The van der Waals surface area contributed by atoms with Crippen molar-refractivity contribution in [2.24, 2.45) is 10.8 Å². The van der Waals surface area contributed by atoms with E-state index >= 15 is 0 Å². The maximum atomic E-state index is 3.63. The van der Waals surface area contributed by atoms with Crippen molar-refractivity contribution in [2.45, 2.75) is 54.9 Å². The molecule has 0 aromatic carbocycles. The van der Waals surface area contributed by atoms with E-state index in [0.717, 1.165) is 0 Å². The molecule has 0 bridgehead atoms. The Labute approximate surface area is 79.1 Å². The molecule has 0 spiro atoms. The van der Waals surface area contributed by atoms with Crippen LogP contribution in [0.5, 0.6) is 0 Å². The van der Waals surface area contributed by atoms with Crippen LogP contribution in [0.15, 0.2) is 12.7 Å². The van der Waals surface area contributed by atoms with Crippen molar-refractivity contribution in [1.29, 1.82) is 0 Å². The first kappa shape index (κ1) is 14.3. The number of hydrogen-bond donors (Lipinski definition) is 0. The normalized spacial score (nSPS) is 11.6. The average Bonchev–Trinajstić information content (AvgIpc) is 1.86. The van der Waals surface area contributed by atoms with Gasteiger partial charge < -0.3 is 0 Å². The van der Waals surface area contributed by atoms with Crippen molar-refractivity contribution in [2.75, 3.05) is 0 Å². The Kier molecular flexibility index (Phi) is 6.42. The van der Waals surface area contributed by atoms with Gasteiger partial charge in [-0.1, -0.05) is 61.0 Å². The third-order valence-corrected chi connectivity index (χ3v) is 1.67. The molecular weight excluding hydrogens is 144 g/mol. The fourth-order valence-corrected chi connectivity index (χ4v) is 0. The van der Waals surface area contributed by atoms with Gasteiger partial charge in [0.05, 0.1) is 0 Å². The highest BCUT2D eigenvalue weighted by molar-refractivity contribution is 4.82. The molecule has 0 unspecified atom stereocenters. The number of hydrogen-bond acceptors (Lipinski definition) is 0. The Hall–Kier alpha value is -0.260. The van der Waals surface area contributed by atoms with Crippen molar-refractivity contribution in [3.05, 3.63) is 12.7 Å². The van der Waals surface area contributed by atoms with Gasteiger partial charge in [0.15, 0.2) is 0 Å². The van der Waals surface area contributed by atoms with Gasteiger partial charge in [-0.2, -0.15) is 0 Å². The average molecular weight is 170 g/mol. The summed E-state index contributed by atoms with van der Waals surface area (Å²) in [6.07, 6.45) is 3.21. The van der Waals surface area contributed by atoms with Crippen LogP contribution in [0.3, 0.4) is 0 Å². The van der Waals surface area contributed by atoms with E-state index in [0.29, 0.717) is 10.8 Å². The Morgan fingerprint density at radius 1 is 1.00 bits per heavy atom. The molecule has 0 aliphatic heterocycles.